The van der Waals surface area contributed by atoms with Gasteiger partial charge in [-0.3, -0.25) is 4.90 Å². The molecule has 0 saturated carbocycles. The van der Waals surface area contributed by atoms with E-state index in [2.05, 4.69) is 4.74 Å². The molecule has 0 spiro atoms. The number of carbonyl (C=O) groups is 1. The molecule has 0 radical (unpaired) electrons. The number of rotatable bonds is 2. The topological polar surface area (TPSA) is 29.5 Å². The highest BCUT2D eigenvalue weighted by Gasteiger charge is 2.51. The van der Waals surface area contributed by atoms with Gasteiger partial charge in [-0.25, -0.2) is 4.79 Å². The Balaban J connectivity index is 2.73. The second kappa shape index (κ2) is 3.57. The monoisotopic (exact) mass is 193 g/mol. The summed E-state index contributed by atoms with van der Waals surface area (Å²) in [5.74, 6) is -4.81. The second-order valence-corrected chi connectivity index (χ2v) is 3.25. The number of hydrogen-bond donors (Lipinski definition) is 0. The summed E-state index contributed by atoms with van der Waals surface area (Å²) < 4.78 is 30.6. The van der Waals surface area contributed by atoms with Crippen LogP contribution in [0, 0.1) is 0 Å². The fourth-order valence-corrected chi connectivity index (χ4v) is 1.64. The number of carbonyl (C=O) groups excluding carboxylic acids is 1. The number of nitrogens with zero attached hydrogens (tertiary/aromatic N) is 1. The fraction of sp³-hybridized carbons (Fsp3) is 0.875. The maximum atomic E-state index is 13.3. The summed E-state index contributed by atoms with van der Waals surface area (Å²) in [6, 6.07) is -1.00. The third kappa shape index (κ3) is 1.80. The van der Waals surface area contributed by atoms with Crippen LogP contribution in [0.5, 0.6) is 0 Å². The van der Waals surface area contributed by atoms with Gasteiger partial charge in [0, 0.05) is 0 Å². The third-order valence-electron chi connectivity index (χ3n) is 2.40. The number of hydrogen-bond acceptors (Lipinski definition) is 3. The van der Waals surface area contributed by atoms with Crippen molar-refractivity contribution in [2.45, 2.75) is 24.8 Å². The summed E-state index contributed by atoms with van der Waals surface area (Å²) in [5, 5.41) is 0. The van der Waals surface area contributed by atoms with E-state index in [1.54, 1.807) is 7.05 Å². The van der Waals surface area contributed by atoms with E-state index in [4.69, 9.17) is 0 Å². The zero-order chi connectivity index (χ0) is 10.1. The zero-order valence-corrected chi connectivity index (χ0v) is 7.72. The van der Waals surface area contributed by atoms with E-state index in [1.165, 1.54) is 4.90 Å². The average Bonchev–Trinajstić information content (AvgIpc) is 2.50. The Morgan fingerprint density at radius 3 is 2.62 bits per heavy atom. The van der Waals surface area contributed by atoms with E-state index in [-0.39, 0.29) is 0 Å². The lowest BCUT2D eigenvalue weighted by atomic mass is 10.1. The van der Waals surface area contributed by atoms with Crippen LogP contribution in [0.15, 0.2) is 0 Å². The van der Waals surface area contributed by atoms with Gasteiger partial charge in [0.05, 0.1) is 13.2 Å². The number of ether oxygens (including phenoxy) is 1. The first-order valence-electron chi connectivity index (χ1n) is 4.16. The molecule has 3 nitrogen and oxygen atoms in total. The minimum atomic E-state index is -3.37. The maximum absolute atomic E-state index is 13.3. The lowest BCUT2D eigenvalue weighted by Gasteiger charge is -2.26. The Morgan fingerprint density at radius 1 is 1.62 bits per heavy atom. The first-order valence-corrected chi connectivity index (χ1v) is 4.16. The minimum absolute atomic E-state index is 0.346. The number of halogens is 2. The third-order valence-corrected chi connectivity index (χ3v) is 2.40. The molecule has 1 aliphatic heterocycles. The van der Waals surface area contributed by atoms with Gasteiger partial charge in [0.1, 0.15) is 0 Å². The predicted molar refractivity (Wildman–Crippen MR) is 42.6 cm³/mol. The van der Waals surface area contributed by atoms with Crippen molar-refractivity contribution in [3.8, 4) is 0 Å². The van der Waals surface area contributed by atoms with E-state index in [1.807, 2.05) is 0 Å². The maximum Gasteiger partial charge on any atom is 0.378 e. The van der Waals surface area contributed by atoms with Crippen LogP contribution in [0.25, 0.3) is 0 Å². The van der Waals surface area contributed by atoms with Gasteiger partial charge < -0.3 is 4.74 Å². The molecule has 1 aliphatic rings. The van der Waals surface area contributed by atoms with Gasteiger partial charge in [-0.2, -0.15) is 8.78 Å². The molecule has 0 aromatic rings. The molecule has 5 heteroatoms. The van der Waals surface area contributed by atoms with Gasteiger partial charge in [0.2, 0.25) is 0 Å². The summed E-state index contributed by atoms with van der Waals surface area (Å²) >= 11 is 0. The number of methoxy groups -OCH3 is 1. The largest absolute Gasteiger partial charge is 0.465 e. The van der Waals surface area contributed by atoms with Crippen molar-refractivity contribution in [2.75, 3.05) is 20.7 Å². The molecule has 76 valence electrons. The molecule has 1 unspecified atom stereocenters. The van der Waals surface area contributed by atoms with Crippen LogP contribution in [0.4, 0.5) is 8.78 Å². The number of likely N-dealkylation sites (tertiary alicyclic amines) is 1. The summed E-state index contributed by atoms with van der Waals surface area (Å²) in [6.07, 6.45) is 1.05. The molecule has 0 aromatic heterocycles. The van der Waals surface area contributed by atoms with E-state index < -0.39 is 17.9 Å². The SMILES string of the molecule is COC(=O)C(F)(F)C1CCCN1C. The van der Waals surface area contributed by atoms with Gasteiger partial charge in [0.25, 0.3) is 0 Å². The predicted octanol–water partition coefficient (Wildman–Crippen LogP) is 0.889. The Kier molecular flexibility index (Phi) is 2.85. The number of esters is 1. The lowest BCUT2D eigenvalue weighted by Crippen LogP contribution is -2.48. The van der Waals surface area contributed by atoms with Crippen LogP contribution >= 0.6 is 0 Å². The zero-order valence-electron chi connectivity index (χ0n) is 7.72. The van der Waals surface area contributed by atoms with Crippen LogP contribution in [0.3, 0.4) is 0 Å². The van der Waals surface area contributed by atoms with E-state index >= 15 is 0 Å². The molecule has 1 heterocycles. The highest BCUT2D eigenvalue weighted by molar-refractivity contribution is 5.78. The van der Waals surface area contributed by atoms with Crippen molar-refractivity contribution in [1.82, 2.24) is 4.90 Å². The van der Waals surface area contributed by atoms with Crippen LogP contribution in [0.1, 0.15) is 12.8 Å². The standard InChI is InChI=1S/C8H13F2NO2/c1-11-5-3-4-6(11)8(9,10)7(12)13-2/h6H,3-5H2,1-2H3. The smallest absolute Gasteiger partial charge is 0.378 e. The number of alkyl halides is 2. The van der Waals surface area contributed by atoms with Gasteiger partial charge in [-0.1, -0.05) is 0 Å². The molecular weight excluding hydrogens is 180 g/mol. The molecule has 1 atom stereocenters. The molecular formula is C8H13F2NO2. The first-order chi connectivity index (χ1) is 6.00. The van der Waals surface area contributed by atoms with Crippen LogP contribution in [-0.4, -0.2) is 43.5 Å². The molecule has 0 amide bonds. The quantitative estimate of drug-likeness (QED) is 0.610. The summed E-state index contributed by atoms with van der Waals surface area (Å²) in [5.41, 5.74) is 0. The van der Waals surface area contributed by atoms with Crippen molar-refractivity contribution >= 4 is 5.97 Å². The van der Waals surface area contributed by atoms with Gasteiger partial charge in [-0.15, -0.1) is 0 Å². The molecule has 13 heavy (non-hydrogen) atoms. The highest BCUT2D eigenvalue weighted by atomic mass is 19.3. The van der Waals surface area contributed by atoms with Crippen LogP contribution < -0.4 is 0 Å². The van der Waals surface area contributed by atoms with Crippen molar-refractivity contribution in [3.63, 3.8) is 0 Å². The Bertz CT molecular complexity index is 208. The van der Waals surface area contributed by atoms with Crippen molar-refractivity contribution in [3.05, 3.63) is 0 Å². The van der Waals surface area contributed by atoms with Crippen molar-refractivity contribution < 1.29 is 18.3 Å². The Hall–Kier alpha value is -0.710. The normalized spacial score (nSPS) is 24.8. The van der Waals surface area contributed by atoms with Crippen molar-refractivity contribution in [2.24, 2.45) is 0 Å². The molecule has 0 bridgehead atoms. The summed E-state index contributed by atoms with van der Waals surface area (Å²) in [4.78, 5) is 12.3. The highest BCUT2D eigenvalue weighted by Crippen LogP contribution is 2.31. The second-order valence-electron chi connectivity index (χ2n) is 3.25. The molecule has 1 saturated heterocycles. The molecule has 0 aliphatic carbocycles. The first kappa shape index (κ1) is 10.4. The molecule has 1 fully saturated rings. The average molecular weight is 193 g/mol. The molecule has 0 aromatic carbocycles. The van der Waals surface area contributed by atoms with Gasteiger partial charge >= 0.3 is 11.9 Å². The Labute approximate surface area is 75.7 Å². The van der Waals surface area contributed by atoms with E-state index in [9.17, 15) is 13.6 Å². The van der Waals surface area contributed by atoms with Crippen molar-refractivity contribution in [1.29, 1.82) is 0 Å². The van der Waals surface area contributed by atoms with Crippen LogP contribution in [-0.2, 0) is 9.53 Å². The Morgan fingerprint density at radius 2 is 2.23 bits per heavy atom. The van der Waals surface area contributed by atoms with Gasteiger partial charge in [-0.05, 0) is 26.4 Å². The van der Waals surface area contributed by atoms with E-state index in [0.29, 0.717) is 19.4 Å². The summed E-state index contributed by atoms with van der Waals surface area (Å²) in [6.45, 7) is 0.608. The fourth-order valence-electron chi connectivity index (χ4n) is 1.64. The minimum Gasteiger partial charge on any atom is -0.465 e. The van der Waals surface area contributed by atoms with E-state index in [0.717, 1.165) is 7.11 Å². The summed E-state index contributed by atoms with van der Waals surface area (Å²) in [7, 11) is 2.57. The van der Waals surface area contributed by atoms with Gasteiger partial charge in [0.15, 0.2) is 0 Å². The molecule has 0 N–H and O–H groups in total. The van der Waals surface area contributed by atoms with Crippen LogP contribution in [0.2, 0.25) is 0 Å². The molecule has 1 rings (SSSR count). The lowest BCUT2D eigenvalue weighted by molar-refractivity contribution is -0.176.